The molecule has 0 amide bonds. The molecule has 0 aliphatic carbocycles. The number of nitrogens with zero attached hydrogens (tertiary/aromatic N) is 7. The SMILES string of the molecule is Cc1nn(C)c(-n2cnc(C#N)n2)c1C#N. The van der Waals surface area contributed by atoms with E-state index < -0.39 is 0 Å². The van der Waals surface area contributed by atoms with Crippen molar-refractivity contribution in [2.45, 2.75) is 6.92 Å². The van der Waals surface area contributed by atoms with Crippen LogP contribution in [0.1, 0.15) is 17.1 Å². The largest absolute Gasteiger partial charge is 0.252 e. The first kappa shape index (κ1) is 9.87. The van der Waals surface area contributed by atoms with Gasteiger partial charge in [-0.3, -0.25) is 0 Å². The Bertz CT molecular complexity index is 619. The lowest BCUT2D eigenvalue weighted by Crippen LogP contribution is -2.05. The summed E-state index contributed by atoms with van der Waals surface area (Å²) in [6, 6.07) is 3.88. The summed E-state index contributed by atoms with van der Waals surface area (Å²) in [4.78, 5) is 3.78. The van der Waals surface area contributed by atoms with E-state index in [-0.39, 0.29) is 5.82 Å². The van der Waals surface area contributed by atoms with Crippen LogP contribution < -0.4 is 0 Å². The number of nitriles is 2. The molecule has 0 aliphatic heterocycles. The van der Waals surface area contributed by atoms with Crippen molar-refractivity contribution < 1.29 is 0 Å². The molecule has 0 aliphatic rings. The molecule has 0 spiro atoms. The van der Waals surface area contributed by atoms with Gasteiger partial charge in [0.1, 0.15) is 24.0 Å². The maximum absolute atomic E-state index is 9.01. The molecule has 2 rings (SSSR count). The Morgan fingerprint density at radius 3 is 2.56 bits per heavy atom. The van der Waals surface area contributed by atoms with E-state index in [1.54, 1.807) is 14.0 Å². The maximum Gasteiger partial charge on any atom is 0.252 e. The van der Waals surface area contributed by atoms with Crippen molar-refractivity contribution >= 4 is 0 Å². The van der Waals surface area contributed by atoms with Gasteiger partial charge in [-0.15, -0.1) is 5.10 Å². The summed E-state index contributed by atoms with van der Waals surface area (Å²) < 4.78 is 2.90. The first-order chi connectivity index (χ1) is 7.67. The van der Waals surface area contributed by atoms with Gasteiger partial charge in [0.05, 0.1) is 5.69 Å². The van der Waals surface area contributed by atoms with Crippen molar-refractivity contribution in [3.8, 4) is 18.0 Å². The monoisotopic (exact) mass is 213 g/mol. The van der Waals surface area contributed by atoms with Crippen LogP contribution in [0.15, 0.2) is 6.33 Å². The normalized spacial score (nSPS) is 9.75. The Balaban J connectivity index is 2.65. The van der Waals surface area contributed by atoms with E-state index in [1.807, 2.05) is 6.07 Å². The molecule has 0 saturated carbocycles. The molecule has 78 valence electrons. The third-order valence-electron chi connectivity index (χ3n) is 2.11. The van der Waals surface area contributed by atoms with E-state index in [0.717, 1.165) is 0 Å². The smallest absolute Gasteiger partial charge is 0.249 e. The third kappa shape index (κ3) is 1.31. The molecular weight excluding hydrogens is 206 g/mol. The van der Waals surface area contributed by atoms with E-state index in [9.17, 15) is 0 Å². The van der Waals surface area contributed by atoms with Crippen molar-refractivity contribution in [1.82, 2.24) is 24.5 Å². The summed E-state index contributed by atoms with van der Waals surface area (Å²) in [5.41, 5.74) is 1.05. The highest BCUT2D eigenvalue weighted by atomic mass is 15.4. The lowest BCUT2D eigenvalue weighted by atomic mass is 10.3. The second kappa shape index (κ2) is 3.48. The number of hydrogen-bond donors (Lipinski definition) is 0. The number of rotatable bonds is 1. The minimum atomic E-state index is 0.0581. The van der Waals surface area contributed by atoms with Gasteiger partial charge in [0.15, 0.2) is 5.82 Å². The highest BCUT2D eigenvalue weighted by Gasteiger charge is 2.15. The predicted octanol–water partition coefficient (Wildman–Crippen LogP) is 0.0526. The minimum Gasteiger partial charge on any atom is -0.249 e. The zero-order valence-electron chi connectivity index (χ0n) is 8.71. The van der Waals surface area contributed by atoms with Crippen LogP contribution in [0, 0.1) is 29.6 Å². The zero-order chi connectivity index (χ0) is 11.7. The molecule has 0 radical (unpaired) electrons. The van der Waals surface area contributed by atoms with Crippen LogP contribution >= 0.6 is 0 Å². The summed E-state index contributed by atoms with van der Waals surface area (Å²) in [5, 5.41) is 25.7. The van der Waals surface area contributed by atoms with E-state index in [0.29, 0.717) is 17.1 Å². The molecule has 0 aromatic carbocycles. The van der Waals surface area contributed by atoms with Crippen LogP contribution in [-0.2, 0) is 7.05 Å². The number of aryl methyl sites for hydroxylation is 2. The Kier molecular flexibility index (Phi) is 2.15. The third-order valence-corrected chi connectivity index (χ3v) is 2.11. The van der Waals surface area contributed by atoms with Gasteiger partial charge in [0.2, 0.25) is 0 Å². The van der Waals surface area contributed by atoms with Crippen LogP contribution in [-0.4, -0.2) is 24.5 Å². The molecule has 2 aromatic heterocycles. The van der Waals surface area contributed by atoms with Gasteiger partial charge in [0, 0.05) is 7.05 Å². The van der Waals surface area contributed by atoms with Gasteiger partial charge in [-0.05, 0) is 6.92 Å². The van der Waals surface area contributed by atoms with Crippen LogP contribution in [0.3, 0.4) is 0 Å². The predicted molar refractivity (Wildman–Crippen MR) is 52.3 cm³/mol. The molecule has 0 atom stereocenters. The van der Waals surface area contributed by atoms with Gasteiger partial charge < -0.3 is 0 Å². The maximum atomic E-state index is 9.01. The zero-order valence-corrected chi connectivity index (χ0v) is 8.71. The summed E-state index contributed by atoms with van der Waals surface area (Å²) in [6.07, 6.45) is 1.38. The summed E-state index contributed by atoms with van der Waals surface area (Å²) in [7, 11) is 1.71. The summed E-state index contributed by atoms with van der Waals surface area (Å²) >= 11 is 0. The molecule has 2 aromatic rings. The average Bonchev–Trinajstić information content (AvgIpc) is 2.82. The number of aromatic nitrogens is 5. The molecule has 0 fully saturated rings. The summed E-state index contributed by atoms with van der Waals surface area (Å²) in [5.74, 6) is 0.566. The van der Waals surface area contributed by atoms with Crippen molar-refractivity contribution in [2.75, 3.05) is 0 Å². The lowest BCUT2D eigenvalue weighted by Gasteiger charge is -1.99. The molecule has 0 N–H and O–H groups in total. The van der Waals surface area contributed by atoms with E-state index in [4.69, 9.17) is 10.5 Å². The van der Waals surface area contributed by atoms with Crippen molar-refractivity contribution in [3.63, 3.8) is 0 Å². The van der Waals surface area contributed by atoms with Crippen LogP contribution in [0.2, 0.25) is 0 Å². The second-order valence-electron chi connectivity index (χ2n) is 3.14. The molecule has 7 heteroatoms. The molecule has 0 saturated heterocycles. The second-order valence-corrected chi connectivity index (χ2v) is 3.14. The van der Waals surface area contributed by atoms with Gasteiger partial charge in [-0.25, -0.2) is 14.3 Å². The molecule has 0 unspecified atom stereocenters. The van der Waals surface area contributed by atoms with Gasteiger partial charge in [-0.2, -0.15) is 15.6 Å². The Morgan fingerprint density at radius 1 is 1.25 bits per heavy atom. The Hall–Kier alpha value is -2.67. The fraction of sp³-hybridized carbons (Fsp3) is 0.222. The summed E-state index contributed by atoms with van der Waals surface area (Å²) in [6.45, 7) is 1.74. The van der Waals surface area contributed by atoms with E-state index in [2.05, 4.69) is 21.3 Å². The van der Waals surface area contributed by atoms with Crippen LogP contribution in [0.25, 0.3) is 5.82 Å². The Labute approximate surface area is 91.2 Å². The minimum absolute atomic E-state index is 0.0581. The van der Waals surface area contributed by atoms with Crippen molar-refractivity contribution in [1.29, 1.82) is 10.5 Å². The standard InChI is InChI=1S/C9H7N7/c1-6-7(3-10)9(15(2)13-6)16-5-12-8(4-11)14-16/h5H,1-2H3. The Morgan fingerprint density at radius 2 is 2.00 bits per heavy atom. The van der Waals surface area contributed by atoms with Crippen molar-refractivity contribution in [2.24, 2.45) is 7.05 Å². The average molecular weight is 213 g/mol. The van der Waals surface area contributed by atoms with E-state index in [1.165, 1.54) is 15.7 Å². The molecule has 16 heavy (non-hydrogen) atoms. The first-order valence-electron chi connectivity index (χ1n) is 4.43. The highest BCUT2D eigenvalue weighted by Crippen LogP contribution is 2.15. The molecule has 2 heterocycles. The fourth-order valence-corrected chi connectivity index (χ4v) is 1.46. The van der Waals surface area contributed by atoms with Gasteiger partial charge >= 0.3 is 0 Å². The highest BCUT2D eigenvalue weighted by molar-refractivity contribution is 5.46. The van der Waals surface area contributed by atoms with Crippen molar-refractivity contribution in [3.05, 3.63) is 23.4 Å². The molecular formula is C9H7N7. The van der Waals surface area contributed by atoms with Crippen LogP contribution in [0.5, 0.6) is 0 Å². The van der Waals surface area contributed by atoms with Gasteiger partial charge in [-0.1, -0.05) is 0 Å². The first-order valence-corrected chi connectivity index (χ1v) is 4.43. The topological polar surface area (TPSA) is 96.1 Å². The van der Waals surface area contributed by atoms with Crippen LogP contribution in [0.4, 0.5) is 0 Å². The fourth-order valence-electron chi connectivity index (χ4n) is 1.46. The lowest BCUT2D eigenvalue weighted by molar-refractivity contribution is 0.692. The van der Waals surface area contributed by atoms with Gasteiger partial charge in [0.25, 0.3) is 5.82 Å². The molecule has 0 bridgehead atoms. The number of hydrogen-bond acceptors (Lipinski definition) is 5. The van der Waals surface area contributed by atoms with E-state index >= 15 is 0 Å². The quantitative estimate of drug-likeness (QED) is 0.666. The molecule has 7 nitrogen and oxygen atoms in total.